The molecular formula is C20H18N2O4. The van der Waals surface area contributed by atoms with Gasteiger partial charge in [0.2, 0.25) is 11.8 Å². The van der Waals surface area contributed by atoms with E-state index in [2.05, 4.69) is 4.98 Å². The number of fused-ring (bicyclic) bond motifs is 6. The highest BCUT2D eigenvalue weighted by molar-refractivity contribution is 6.09. The Balaban J connectivity index is 1.49. The van der Waals surface area contributed by atoms with Gasteiger partial charge in [-0.25, -0.2) is 4.79 Å². The van der Waals surface area contributed by atoms with Gasteiger partial charge in [0.05, 0.1) is 11.8 Å². The quantitative estimate of drug-likeness (QED) is 0.652. The Labute approximate surface area is 149 Å². The number of benzene rings is 1. The van der Waals surface area contributed by atoms with Gasteiger partial charge in [0.1, 0.15) is 6.04 Å². The molecule has 5 unspecified atom stereocenters. The van der Waals surface area contributed by atoms with E-state index in [1.807, 2.05) is 36.4 Å². The average Bonchev–Trinajstić information content (AvgIpc) is 3.37. The molecule has 1 saturated carbocycles. The highest BCUT2D eigenvalue weighted by Gasteiger charge is 2.61. The number of carbonyl (C=O) groups excluding carboxylic acids is 2. The second-order valence-corrected chi connectivity index (χ2v) is 7.46. The highest BCUT2D eigenvalue weighted by Crippen LogP contribution is 2.53. The van der Waals surface area contributed by atoms with Gasteiger partial charge in [0.25, 0.3) is 0 Å². The topological polar surface area (TPSA) is 90.5 Å². The number of carboxylic acids is 1. The zero-order valence-electron chi connectivity index (χ0n) is 14.0. The van der Waals surface area contributed by atoms with Crippen LogP contribution in [0.25, 0.3) is 10.9 Å². The third-order valence-electron chi connectivity index (χ3n) is 6.19. The molecule has 2 aliphatic carbocycles. The maximum Gasteiger partial charge on any atom is 0.327 e. The van der Waals surface area contributed by atoms with Crippen LogP contribution >= 0.6 is 0 Å². The van der Waals surface area contributed by atoms with E-state index >= 15 is 0 Å². The van der Waals surface area contributed by atoms with Gasteiger partial charge in [0.15, 0.2) is 0 Å². The van der Waals surface area contributed by atoms with Crippen molar-refractivity contribution in [3.8, 4) is 0 Å². The molecular weight excluding hydrogens is 332 g/mol. The van der Waals surface area contributed by atoms with Crippen LogP contribution < -0.4 is 0 Å². The number of allylic oxidation sites excluding steroid dienone is 2. The molecule has 2 N–H and O–H groups in total. The minimum atomic E-state index is -1.17. The number of rotatable bonds is 4. The normalized spacial score (nSPS) is 30.4. The van der Waals surface area contributed by atoms with Crippen LogP contribution in [0.4, 0.5) is 0 Å². The molecule has 3 aliphatic rings. The van der Waals surface area contributed by atoms with E-state index < -0.39 is 12.0 Å². The summed E-state index contributed by atoms with van der Waals surface area (Å²) in [5, 5.41) is 10.7. The first-order valence-electron chi connectivity index (χ1n) is 8.89. The SMILES string of the molecule is O=C(O)C(Cc1c[nH]c2ccccc12)N1C(=O)C2C3C=CC(C3)C2C1=O. The van der Waals surface area contributed by atoms with Gasteiger partial charge >= 0.3 is 5.97 Å². The summed E-state index contributed by atoms with van der Waals surface area (Å²) in [7, 11) is 0. The molecule has 5 rings (SSSR count). The lowest BCUT2D eigenvalue weighted by atomic mass is 9.85. The first-order valence-corrected chi connectivity index (χ1v) is 8.89. The number of likely N-dealkylation sites (tertiary alicyclic amines) is 1. The van der Waals surface area contributed by atoms with Gasteiger partial charge in [-0.1, -0.05) is 30.4 Å². The number of hydrogen-bond donors (Lipinski definition) is 2. The van der Waals surface area contributed by atoms with Crippen LogP contribution in [0.3, 0.4) is 0 Å². The summed E-state index contributed by atoms with van der Waals surface area (Å²) >= 11 is 0. The number of hydrogen-bond acceptors (Lipinski definition) is 3. The second kappa shape index (κ2) is 5.30. The zero-order chi connectivity index (χ0) is 18.0. The molecule has 6 nitrogen and oxygen atoms in total. The molecule has 2 amide bonds. The monoisotopic (exact) mass is 350 g/mol. The van der Waals surface area contributed by atoms with Crippen LogP contribution in [0.1, 0.15) is 12.0 Å². The van der Waals surface area contributed by atoms with Gasteiger partial charge in [-0.2, -0.15) is 0 Å². The lowest BCUT2D eigenvalue weighted by Crippen LogP contribution is -2.47. The number of aromatic amines is 1. The van der Waals surface area contributed by atoms with Crippen molar-refractivity contribution in [1.29, 1.82) is 0 Å². The molecule has 1 saturated heterocycles. The summed E-state index contributed by atoms with van der Waals surface area (Å²) in [6.45, 7) is 0. The van der Waals surface area contributed by atoms with E-state index in [0.29, 0.717) is 0 Å². The summed E-state index contributed by atoms with van der Waals surface area (Å²) in [6, 6.07) is 6.44. The number of para-hydroxylation sites is 1. The van der Waals surface area contributed by atoms with Crippen molar-refractivity contribution in [2.75, 3.05) is 0 Å². The predicted molar refractivity (Wildman–Crippen MR) is 93.0 cm³/mol. The lowest BCUT2D eigenvalue weighted by molar-refractivity contribution is -0.155. The molecule has 2 fully saturated rings. The number of carboxylic acid groups (broad SMARTS) is 1. The maximum absolute atomic E-state index is 12.9. The first kappa shape index (κ1) is 15.4. The van der Waals surface area contributed by atoms with Crippen LogP contribution in [0.15, 0.2) is 42.6 Å². The molecule has 0 radical (unpaired) electrons. The highest BCUT2D eigenvalue weighted by atomic mass is 16.4. The number of aliphatic carboxylic acids is 1. The predicted octanol–water partition coefficient (Wildman–Crippen LogP) is 1.97. The summed E-state index contributed by atoms with van der Waals surface area (Å²) in [4.78, 5) is 42.0. The second-order valence-electron chi connectivity index (χ2n) is 7.46. The molecule has 5 atom stereocenters. The third-order valence-corrected chi connectivity index (χ3v) is 6.19. The number of nitrogens with zero attached hydrogens (tertiary/aromatic N) is 1. The van der Waals surface area contributed by atoms with E-state index in [1.54, 1.807) is 6.20 Å². The van der Waals surface area contributed by atoms with Crippen LogP contribution in [0.2, 0.25) is 0 Å². The van der Waals surface area contributed by atoms with Crippen LogP contribution in [-0.2, 0) is 20.8 Å². The third kappa shape index (κ3) is 1.95. The minimum Gasteiger partial charge on any atom is -0.480 e. The summed E-state index contributed by atoms with van der Waals surface area (Å²) in [6.07, 6.45) is 6.73. The van der Waals surface area contributed by atoms with Crippen molar-refractivity contribution in [1.82, 2.24) is 9.88 Å². The Bertz CT molecular complexity index is 945. The van der Waals surface area contributed by atoms with Crippen molar-refractivity contribution >= 4 is 28.7 Å². The van der Waals surface area contributed by atoms with E-state index in [1.165, 1.54) is 0 Å². The summed E-state index contributed by atoms with van der Waals surface area (Å²) < 4.78 is 0. The molecule has 1 aliphatic heterocycles. The van der Waals surface area contributed by atoms with Crippen LogP contribution in [0.5, 0.6) is 0 Å². The maximum atomic E-state index is 12.9. The number of aromatic nitrogens is 1. The number of nitrogens with one attached hydrogen (secondary N) is 1. The Morgan fingerprint density at radius 2 is 1.81 bits per heavy atom. The fourth-order valence-corrected chi connectivity index (χ4v) is 5.03. The van der Waals surface area contributed by atoms with Gasteiger partial charge in [-0.15, -0.1) is 0 Å². The van der Waals surface area contributed by atoms with Gasteiger partial charge in [-0.3, -0.25) is 14.5 Å². The van der Waals surface area contributed by atoms with Gasteiger partial charge in [-0.05, 0) is 29.9 Å². The average molecular weight is 350 g/mol. The molecule has 2 heterocycles. The van der Waals surface area contributed by atoms with Crippen LogP contribution in [-0.4, -0.2) is 38.8 Å². The molecule has 2 aromatic rings. The van der Waals surface area contributed by atoms with E-state index in [4.69, 9.17) is 0 Å². The molecule has 0 spiro atoms. The molecule has 6 heteroatoms. The summed E-state index contributed by atoms with van der Waals surface area (Å²) in [5.74, 6) is -2.36. The molecule has 1 aromatic carbocycles. The van der Waals surface area contributed by atoms with Crippen molar-refractivity contribution < 1.29 is 19.5 Å². The lowest BCUT2D eigenvalue weighted by Gasteiger charge is -2.24. The van der Waals surface area contributed by atoms with E-state index in [0.717, 1.165) is 27.8 Å². The number of carbonyl (C=O) groups is 3. The summed E-state index contributed by atoms with van der Waals surface area (Å²) in [5.41, 5.74) is 1.71. The van der Waals surface area contributed by atoms with Crippen LogP contribution in [0, 0.1) is 23.7 Å². The largest absolute Gasteiger partial charge is 0.480 e. The molecule has 132 valence electrons. The number of H-pyrrole nitrogens is 1. The first-order chi connectivity index (χ1) is 12.6. The van der Waals surface area contributed by atoms with E-state index in [-0.39, 0.29) is 41.9 Å². The van der Waals surface area contributed by atoms with Crippen molar-refractivity contribution in [3.63, 3.8) is 0 Å². The zero-order valence-corrected chi connectivity index (χ0v) is 14.0. The smallest absolute Gasteiger partial charge is 0.327 e. The molecule has 26 heavy (non-hydrogen) atoms. The van der Waals surface area contributed by atoms with Crippen molar-refractivity contribution in [2.45, 2.75) is 18.9 Å². The fraction of sp³-hybridized carbons (Fsp3) is 0.350. The minimum absolute atomic E-state index is 0.0778. The fourth-order valence-electron chi connectivity index (χ4n) is 5.03. The molecule has 1 aromatic heterocycles. The standard InChI is InChI=1S/C20H18N2O4/c23-18-16-10-5-6-11(7-10)17(16)19(24)22(18)15(20(25)26)8-12-9-21-14-4-2-1-3-13(12)14/h1-6,9-11,15-17,21H,7-8H2,(H,25,26). The molecule has 2 bridgehead atoms. The number of imide groups is 1. The van der Waals surface area contributed by atoms with Gasteiger partial charge in [0, 0.05) is 23.5 Å². The Kier molecular flexibility index (Phi) is 3.13. The Morgan fingerprint density at radius 3 is 2.46 bits per heavy atom. The van der Waals surface area contributed by atoms with Crippen molar-refractivity contribution in [3.05, 3.63) is 48.2 Å². The van der Waals surface area contributed by atoms with Crippen molar-refractivity contribution in [2.24, 2.45) is 23.7 Å². The van der Waals surface area contributed by atoms with Gasteiger partial charge < -0.3 is 10.1 Å². The Morgan fingerprint density at radius 1 is 1.15 bits per heavy atom. The van der Waals surface area contributed by atoms with E-state index in [9.17, 15) is 19.5 Å². The number of amides is 2. The Hall–Kier alpha value is -2.89.